The number of nitrogens with one attached hydrogen (secondary N) is 1. The first-order valence-corrected chi connectivity index (χ1v) is 13.5. The smallest absolute Gasteiger partial charge is 0.296 e. The molecule has 1 N–H and O–H groups in total. The van der Waals surface area contributed by atoms with Crippen molar-refractivity contribution in [2.45, 2.75) is 52.0 Å². The summed E-state index contributed by atoms with van der Waals surface area (Å²) in [5, 5.41) is 3.45. The molecule has 0 radical (unpaired) electrons. The van der Waals surface area contributed by atoms with Crippen LogP contribution in [0.25, 0.3) is 16.9 Å². The van der Waals surface area contributed by atoms with Crippen LogP contribution in [0.4, 0.5) is 20.5 Å². The highest BCUT2D eigenvalue weighted by atomic mass is 19.3. The van der Waals surface area contributed by atoms with E-state index in [1.54, 1.807) is 24.3 Å². The highest BCUT2D eigenvalue weighted by Crippen LogP contribution is 2.30. The number of anilines is 2. The third-order valence-corrected chi connectivity index (χ3v) is 7.74. The van der Waals surface area contributed by atoms with Gasteiger partial charge in [0, 0.05) is 31.7 Å². The van der Waals surface area contributed by atoms with Gasteiger partial charge in [0.2, 0.25) is 5.95 Å². The Hall–Kier alpha value is -2.85. The average Bonchev–Trinajstić information content (AvgIpc) is 3.34. The van der Waals surface area contributed by atoms with Crippen LogP contribution < -0.4 is 10.2 Å². The van der Waals surface area contributed by atoms with Crippen LogP contribution in [-0.2, 0) is 4.74 Å². The number of fused-ring (bicyclic) bond motifs is 1. The van der Waals surface area contributed by atoms with Crippen molar-refractivity contribution in [2.24, 2.45) is 5.92 Å². The van der Waals surface area contributed by atoms with E-state index < -0.39 is 6.43 Å². The number of morpholine rings is 1. The molecule has 8 nitrogen and oxygen atoms in total. The number of alkyl halides is 2. The van der Waals surface area contributed by atoms with Crippen LogP contribution in [0.5, 0.6) is 0 Å². The Bertz CT molecular complexity index is 1170. The molecule has 3 heterocycles. The van der Waals surface area contributed by atoms with E-state index in [0.717, 1.165) is 32.5 Å². The molecule has 200 valence electrons. The van der Waals surface area contributed by atoms with Gasteiger partial charge < -0.3 is 19.9 Å². The molecule has 3 aromatic rings. The van der Waals surface area contributed by atoms with Crippen molar-refractivity contribution in [3.63, 3.8) is 0 Å². The Morgan fingerprint density at radius 2 is 1.70 bits per heavy atom. The fraction of sp³-hybridized carbons (Fsp3) is 0.593. The fourth-order valence-corrected chi connectivity index (χ4v) is 5.69. The first-order chi connectivity index (χ1) is 18.1. The summed E-state index contributed by atoms with van der Waals surface area (Å²) < 4.78 is 35.1. The van der Waals surface area contributed by atoms with E-state index >= 15 is 0 Å². The van der Waals surface area contributed by atoms with Gasteiger partial charge in [-0.3, -0.25) is 4.57 Å². The summed E-state index contributed by atoms with van der Waals surface area (Å²) in [5.74, 6) is 1.79. The summed E-state index contributed by atoms with van der Waals surface area (Å²) in [6.45, 7) is 10.0. The molecule has 2 aliphatic rings. The van der Waals surface area contributed by atoms with Gasteiger partial charge >= 0.3 is 0 Å². The Kier molecular flexibility index (Phi) is 8.14. The summed E-state index contributed by atoms with van der Waals surface area (Å²) >= 11 is 0. The molecular formula is C27H37F2N7O. The van der Waals surface area contributed by atoms with Gasteiger partial charge in [-0.15, -0.1) is 0 Å². The van der Waals surface area contributed by atoms with E-state index in [4.69, 9.17) is 14.7 Å². The standard InChI is InChI=1S/C27H37F2N7O/c1-3-34(4-2)20-11-9-19(10-12-20)18-30-27-32-23(35-13-15-37-16-14-35)17-24(33-27)36-22-8-6-5-7-21(22)31-26(36)25(28)29/h5-8,17,19-20,25H,3-4,9-16,18H2,1-2H3,(H,30,32,33). The lowest BCUT2D eigenvalue weighted by Crippen LogP contribution is -2.38. The molecular weight excluding hydrogens is 476 g/mol. The molecule has 1 aliphatic heterocycles. The van der Waals surface area contributed by atoms with Crippen LogP contribution in [0.15, 0.2) is 30.3 Å². The van der Waals surface area contributed by atoms with E-state index in [2.05, 4.69) is 33.9 Å². The molecule has 0 bridgehead atoms. The topological polar surface area (TPSA) is 71.3 Å². The molecule has 2 aromatic heterocycles. The molecule has 2 fully saturated rings. The maximum atomic E-state index is 14.1. The number of hydrogen-bond donors (Lipinski definition) is 1. The molecule has 1 saturated heterocycles. The highest BCUT2D eigenvalue weighted by molar-refractivity contribution is 5.78. The van der Waals surface area contributed by atoms with Gasteiger partial charge in [-0.1, -0.05) is 26.0 Å². The lowest BCUT2D eigenvalue weighted by molar-refractivity contribution is 0.122. The Morgan fingerprint density at radius 1 is 1.00 bits per heavy atom. The van der Waals surface area contributed by atoms with Gasteiger partial charge in [0.1, 0.15) is 11.6 Å². The summed E-state index contributed by atoms with van der Waals surface area (Å²) in [7, 11) is 0. The quantitative estimate of drug-likeness (QED) is 0.436. The van der Waals surface area contributed by atoms with Crippen LogP contribution in [-0.4, -0.2) is 76.4 Å². The number of nitrogens with zero attached hydrogens (tertiary/aromatic N) is 6. The fourth-order valence-electron chi connectivity index (χ4n) is 5.69. The largest absolute Gasteiger partial charge is 0.378 e. The van der Waals surface area contributed by atoms with Gasteiger partial charge in [-0.05, 0) is 56.8 Å². The first-order valence-electron chi connectivity index (χ1n) is 13.5. The molecule has 37 heavy (non-hydrogen) atoms. The van der Waals surface area contributed by atoms with Gasteiger partial charge in [0.05, 0.1) is 24.2 Å². The minimum Gasteiger partial charge on any atom is -0.378 e. The van der Waals surface area contributed by atoms with Gasteiger partial charge in [-0.25, -0.2) is 13.8 Å². The van der Waals surface area contributed by atoms with Gasteiger partial charge in [0.15, 0.2) is 5.82 Å². The third-order valence-electron chi connectivity index (χ3n) is 7.74. The number of benzene rings is 1. The number of imidazole rings is 1. The molecule has 1 aliphatic carbocycles. The van der Waals surface area contributed by atoms with Crippen molar-refractivity contribution in [1.29, 1.82) is 0 Å². The van der Waals surface area contributed by atoms with Crippen molar-refractivity contribution in [3.05, 3.63) is 36.2 Å². The second-order valence-electron chi connectivity index (χ2n) is 9.88. The first kappa shape index (κ1) is 25.8. The molecule has 10 heteroatoms. The van der Waals surface area contributed by atoms with Crippen molar-refractivity contribution < 1.29 is 13.5 Å². The summed E-state index contributed by atoms with van der Waals surface area (Å²) in [5.41, 5.74) is 1.12. The van der Waals surface area contributed by atoms with Crippen molar-refractivity contribution in [2.75, 3.05) is 56.2 Å². The zero-order valence-corrected chi connectivity index (χ0v) is 21.7. The predicted octanol–water partition coefficient (Wildman–Crippen LogP) is 4.90. The number of aromatic nitrogens is 4. The second kappa shape index (κ2) is 11.7. The second-order valence-corrected chi connectivity index (χ2v) is 9.88. The minimum atomic E-state index is -2.73. The van der Waals surface area contributed by atoms with Gasteiger partial charge in [0.25, 0.3) is 6.43 Å². The van der Waals surface area contributed by atoms with Gasteiger partial charge in [-0.2, -0.15) is 9.97 Å². The lowest BCUT2D eigenvalue weighted by Gasteiger charge is -2.35. The predicted molar refractivity (Wildman–Crippen MR) is 142 cm³/mol. The van der Waals surface area contributed by atoms with E-state index in [0.29, 0.717) is 66.9 Å². The molecule has 5 rings (SSSR count). The van der Waals surface area contributed by atoms with Crippen LogP contribution in [0.3, 0.4) is 0 Å². The summed E-state index contributed by atoms with van der Waals surface area (Å²) in [6, 6.07) is 9.62. The number of halogens is 2. The molecule has 1 aromatic carbocycles. The monoisotopic (exact) mass is 513 g/mol. The Labute approximate surface area is 217 Å². The minimum absolute atomic E-state index is 0.312. The molecule has 1 saturated carbocycles. The van der Waals surface area contributed by atoms with Crippen LogP contribution in [0, 0.1) is 5.92 Å². The molecule has 0 unspecified atom stereocenters. The number of hydrogen-bond acceptors (Lipinski definition) is 7. The van der Waals surface area contributed by atoms with E-state index in [9.17, 15) is 8.78 Å². The molecule has 0 amide bonds. The number of ether oxygens (including phenoxy) is 1. The number of para-hydroxylation sites is 2. The van der Waals surface area contributed by atoms with E-state index in [1.165, 1.54) is 17.4 Å². The third kappa shape index (κ3) is 5.70. The lowest BCUT2D eigenvalue weighted by atomic mass is 9.85. The van der Waals surface area contributed by atoms with Crippen LogP contribution in [0.1, 0.15) is 51.8 Å². The average molecular weight is 514 g/mol. The van der Waals surface area contributed by atoms with Crippen molar-refractivity contribution in [3.8, 4) is 5.82 Å². The van der Waals surface area contributed by atoms with Crippen molar-refractivity contribution >= 4 is 22.8 Å². The molecule has 0 spiro atoms. The summed E-state index contributed by atoms with van der Waals surface area (Å²) in [6.07, 6.45) is 1.99. The van der Waals surface area contributed by atoms with Crippen LogP contribution >= 0.6 is 0 Å². The summed E-state index contributed by atoms with van der Waals surface area (Å²) in [4.78, 5) is 18.4. The van der Waals surface area contributed by atoms with E-state index in [-0.39, 0.29) is 5.82 Å². The SMILES string of the molecule is CCN(CC)C1CCC(CNc2nc(N3CCOCC3)cc(-n3c(C(F)F)nc4ccccc43)n2)CC1. The van der Waals surface area contributed by atoms with Crippen LogP contribution in [0.2, 0.25) is 0 Å². The Balaban J connectivity index is 1.41. The molecule has 0 atom stereocenters. The Morgan fingerprint density at radius 3 is 2.41 bits per heavy atom. The zero-order chi connectivity index (χ0) is 25.8. The maximum absolute atomic E-state index is 14.1. The van der Waals surface area contributed by atoms with Crippen molar-refractivity contribution in [1.82, 2.24) is 24.4 Å². The normalized spacial score (nSPS) is 20.8. The van der Waals surface area contributed by atoms with E-state index in [1.807, 2.05) is 6.07 Å². The maximum Gasteiger partial charge on any atom is 0.296 e. The number of rotatable bonds is 9. The highest BCUT2D eigenvalue weighted by Gasteiger charge is 2.26. The zero-order valence-electron chi connectivity index (χ0n) is 21.7.